The van der Waals surface area contributed by atoms with Gasteiger partial charge in [-0.05, 0) is 37.0 Å². The van der Waals surface area contributed by atoms with Crippen molar-refractivity contribution < 1.29 is 14.7 Å². The van der Waals surface area contributed by atoms with E-state index in [-0.39, 0.29) is 5.56 Å². The van der Waals surface area contributed by atoms with E-state index in [4.69, 9.17) is 17.3 Å². The molecule has 4 N–H and O–H groups in total. The summed E-state index contributed by atoms with van der Waals surface area (Å²) in [6.07, 6.45) is 2.89. The van der Waals surface area contributed by atoms with Crippen LogP contribution in [0.15, 0.2) is 18.2 Å². The highest BCUT2D eigenvalue weighted by Gasteiger charge is 2.42. The summed E-state index contributed by atoms with van der Waals surface area (Å²) >= 11 is 5.87. The van der Waals surface area contributed by atoms with Gasteiger partial charge in [0.15, 0.2) is 0 Å². The van der Waals surface area contributed by atoms with Crippen molar-refractivity contribution in [2.75, 3.05) is 5.32 Å². The molecule has 0 heterocycles. The van der Waals surface area contributed by atoms with E-state index in [2.05, 4.69) is 5.32 Å². The van der Waals surface area contributed by atoms with Crippen molar-refractivity contribution >= 4 is 29.2 Å². The number of nitrogens with one attached hydrogen (secondary N) is 1. The van der Waals surface area contributed by atoms with Crippen LogP contribution in [-0.2, 0) is 4.79 Å². The zero-order valence-electron chi connectivity index (χ0n) is 11.9. The van der Waals surface area contributed by atoms with Crippen LogP contribution in [0.3, 0.4) is 0 Å². The normalized spacial score (nSPS) is 25.3. The molecule has 1 aliphatic rings. The van der Waals surface area contributed by atoms with Gasteiger partial charge in [0.2, 0.25) is 0 Å². The zero-order valence-corrected chi connectivity index (χ0v) is 12.6. The maximum atomic E-state index is 11.8. The number of anilines is 1. The molecule has 0 spiro atoms. The summed E-state index contributed by atoms with van der Waals surface area (Å²) in [6, 6.07) is 4.67. The topological polar surface area (TPSA) is 92.4 Å². The van der Waals surface area contributed by atoms with Crippen molar-refractivity contribution in [3.63, 3.8) is 0 Å². The molecule has 5 nitrogen and oxygen atoms in total. The van der Waals surface area contributed by atoms with Gasteiger partial charge in [-0.2, -0.15) is 0 Å². The Morgan fingerprint density at radius 2 is 2.19 bits per heavy atom. The Labute approximate surface area is 128 Å². The first-order chi connectivity index (χ1) is 9.84. The van der Waals surface area contributed by atoms with E-state index in [1.54, 1.807) is 12.1 Å². The molecule has 1 amide bonds. The van der Waals surface area contributed by atoms with Gasteiger partial charge in [0.1, 0.15) is 5.54 Å². The molecule has 0 bridgehead atoms. The number of halogens is 1. The van der Waals surface area contributed by atoms with Gasteiger partial charge in [-0.1, -0.05) is 31.4 Å². The monoisotopic (exact) mass is 310 g/mol. The number of carbonyl (C=O) groups excluding carboxylic acids is 1. The summed E-state index contributed by atoms with van der Waals surface area (Å²) in [5.41, 5.74) is 4.92. The minimum Gasteiger partial charge on any atom is -0.480 e. The minimum atomic E-state index is -1.06. The summed E-state index contributed by atoms with van der Waals surface area (Å²) in [5.74, 6) is -1.23. The third-order valence-corrected chi connectivity index (χ3v) is 4.26. The molecule has 1 saturated carbocycles. The molecular weight excluding hydrogens is 292 g/mol. The quantitative estimate of drug-likeness (QED) is 0.797. The number of aliphatic carboxylic acids is 1. The van der Waals surface area contributed by atoms with Gasteiger partial charge in [-0.15, -0.1) is 0 Å². The van der Waals surface area contributed by atoms with Crippen LogP contribution in [0.4, 0.5) is 5.69 Å². The van der Waals surface area contributed by atoms with Crippen molar-refractivity contribution in [3.05, 3.63) is 28.8 Å². The van der Waals surface area contributed by atoms with E-state index in [1.165, 1.54) is 6.07 Å². The predicted octanol–water partition coefficient (Wildman–Crippen LogP) is 2.88. The van der Waals surface area contributed by atoms with Crippen molar-refractivity contribution in [3.8, 4) is 0 Å². The molecule has 2 unspecified atom stereocenters. The van der Waals surface area contributed by atoms with E-state index < -0.39 is 17.4 Å². The lowest BCUT2D eigenvalue weighted by molar-refractivity contribution is -0.144. The lowest BCUT2D eigenvalue weighted by Crippen LogP contribution is -2.49. The smallest absolute Gasteiger partial charge is 0.329 e. The Balaban J connectivity index is 2.38. The Kier molecular flexibility index (Phi) is 4.42. The van der Waals surface area contributed by atoms with Crippen LogP contribution in [0, 0.1) is 5.92 Å². The second-order valence-electron chi connectivity index (χ2n) is 5.77. The Hall–Kier alpha value is -1.75. The Morgan fingerprint density at radius 1 is 1.48 bits per heavy atom. The van der Waals surface area contributed by atoms with Crippen LogP contribution in [0.2, 0.25) is 5.02 Å². The number of primary amides is 1. The second-order valence-corrected chi connectivity index (χ2v) is 6.20. The van der Waals surface area contributed by atoms with E-state index in [1.807, 2.05) is 6.92 Å². The van der Waals surface area contributed by atoms with Crippen molar-refractivity contribution in [2.24, 2.45) is 11.7 Å². The van der Waals surface area contributed by atoms with Crippen LogP contribution in [-0.4, -0.2) is 22.5 Å². The first kappa shape index (κ1) is 15.6. The summed E-state index contributed by atoms with van der Waals surface area (Å²) in [7, 11) is 0. The fourth-order valence-electron chi connectivity index (χ4n) is 3.00. The number of carboxylic acid groups (broad SMARTS) is 1. The number of carboxylic acids is 1. The molecule has 1 fully saturated rings. The summed E-state index contributed by atoms with van der Waals surface area (Å²) < 4.78 is 0. The SMILES string of the molecule is CC1CCCC(Nc2ccc(Cl)cc2C(N)=O)(C(=O)O)C1. The molecule has 2 rings (SSSR count). The average molecular weight is 311 g/mol. The van der Waals surface area contributed by atoms with E-state index in [0.717, 1.165) is 12.8 Å². The van der Waals surface area contributed by atoms with Crippen LogP contribution in [0.25, 0.3) is 0 Å². The molecule has 6 heteroatoms. The average Bonchev–Trinajstić information content (AvgIpc) is 2.40. The van der Waals surface area contributed by atoms with Crippen molar-refractivity contribution in [1.82, 2.24) is 0 Å². The van der Waals surface area contributed by atoms with Crippen LogP contribution >= 0.6 is 11.6 Å². The number of carbonyl (C=O) groups is 2. The molecule has 0 aromatic heterocycles. The summed E-state index contributed by atoms with van der Waals surface area (Å²) in [6.45, 7) is 2.04. The molecule has 2 atom stereocenters. The second kappa shape index (κ2) is 5.93. The van der Waals surface area contributed by atoms with Gasteiger partial charge >= 0.3 is 5.97 Å². The van der Waals surface area contributed by atoms with Gasteiger partial charge in [-0.25, -0.2) is 4.79 Å². The van der Waals surface area contributed by atoms with E-state index >= 15 is 0 Å². The first-order valence-electron chi connectivity index (χ1n) is 6.95. The van der Waals surface area contributed by atoms with Crippen LogP contribution in [0.1, 0.15) is 43.0 Å². The highest BCUT2D eigenvalue weighted by atomic mass is 35.5. The van der Waals surface area contributed by atoms with Gasteiger partial charge in [0, 0.05) is 10.7 Å². The van der Waals surface area contributed by atoms with Crippen molar-refractivity contribution in [2.45, 2.75) is 38.1 Å². The molecule has 0 radical (unpaired) electrons. The fourth-order valence-corrected chi connectivity index (χ4v) is 3.17. The standard InChI is InChI=1S/C15H19ClN2O3/c1-9-3-2-6-15(8-9,14(20)21)18-12-5-4-10(16)7-11(12)13(17)19/h4-5,7,9,18H,2-3,6,8H2,1H3,(H2,17,19)(H,20,21). The largest absolute Gasteiger partial charge is 0.480 e. The van der Waals surface area contributed by atoms with E-state index in [0.29, 0.717) is 29.5 Å². The lowest BCUT2D eigenvalue weighted by atomic mass is 9.76. The highest BCUT2D eigenvalue weighted by Crippen LogP contribution is 2.36. The molecule has 1 aromatic carbocycles. The Morgan fingerprint density at radius 3 is 2.76 bits per heavy atom. The number of hydrogen-bond donors (Lipinski definition) is 3. The molecule has 0 saturated heterocycles. The number of amides is 1. The molecular formula is C15H19ClN2O3. The summed E-state index contributed by atoms with van der Waals surface area (Å²) in [5, 5.41) is 13.1. The molecule has 1 aliphatic carbocycles. The van der Waals surface area contributed by atoms with Gasteiger partial charge in [0.05, 0.1) is 5.56 Å². The molecule has 21 heavy (non-hydrogen) atoms. The predicted molar refractivity (Wildman–Crippen MR) is 81.6 cm³/mol. The number of hydrogen-bond acceptors (Lipinski definition) is 3. The summed E-state index contributed by atoms with van der Waals surface area (Å²) in [4.78, 5) is 23.3. The maximum absolute atomic E-state index is 11.8. The van der Waals surface area contributed by atoms with Crippen LogP contribution in [0.5, 0.6) is 0 Å². The Bertz CT molecular complexity index is 576. The third kappa shape index (κ3) is 3.29. The van der Waals surface area contributed by atoms with E-state index in [9.17, 15) is 14.7 Å². The van der Waals surface area contributed by atoms with Gasteiger partial charge in [-0.3, -0.25) is 4.79 Å². The van der Waals surface area contributed by atoms with Gasteiger partial charge < -0.3 is 16.2 Å². The molecule has 1 aromatic rings. The van der Waals surface area contributed by atoms with Crippen LogP contribution < -0.4 is 11.1 Å². The minimum absolute atomic E-state index is 0.210. The fraction of sp³-hybridized carbons (Fsp3) is 0.467. The van der Waals surface area contributed by atoms with Gasteiger partial charge in [0.25, 0.3) is 5.91 Å². The third-order valence-electron chi connectivity index (χ3n) is 4.03. The zero-order chi connectivity index (χ0) is 15.6. The van der Waals surface area contributed by atoms with Crippen molar-refractivity contribution in [1.29, 1.82) is 0 Å². The number of nitrogens with two attached hydrogens (primary N) is 1. The molecule has 114 valence electrons. The first-order valence-corrected chi connectivity index (χ1v) is 7.33. The number of benzene rings is 1. The highest BCUT2D eigenvalue weighted by molar-refractivity contribution is 6.31. The molecule has 0 aliphatic heterocycles. The number of rotatable bonds is 4. The lowest BCUT2D eigenvalue weighted by Gasteiger charge is -2.38. The maximum Gasteiger partial charge on any atom is 0.329 e.